The van der Waals surface area contributed by atoms with Crippen LogP contribution in [-0.2, 0) is 11.3 Å². The SMILES string of the molecule is Cc1cc(C)cc(C(=O)N2CCCC(C(=O)NCc3cc(C)ccc3C)C2)c1. The Morgan fingerprint density at radius 1 is 1.00 bits per heavy atom. The lowest BCUT2D eigenvalue weighted by atomic mass is 9.95. The molecular formula is C24H30N2O2. The Morgan fingerprint density at radius 3 is 2.43 bits per heavy atom. The van der Waals surface area contributed by atoms with Crippen molar-refractivity contribution < 1.29 is 9.59 Å². The molecular weight excluding hydrogens is 348 g/mol. The first-order valence-electron chi connectivity index (χ1n) is 10.0. The van der Waals surface area contributed by atoms with Gasteiger partial charge in [-0.1, -0.05) is 41.0 Å². The van der Waals surface area contributed by atoms with E-state index >= 15 is 0 Å². The number of piperidine rings is 1. The Hall–Kier alpha value is -2.62. The van der Waals surface area contributed by atoms with Crippen molar-refractivity contribution in [3.8, 4) is 0 Å². The van der Waals surface area contributed by atoms with Crippen LogP contribution in [0.15, 0.2) is 36.4 Å². The van der Waals surface area contributed by atoms with Crippen molar-refractivity contribution in [3.05, 3.63) is 69.8 Å². The first-order chi connectivity index (χ1) is 13.3. The lowest BCUT2D eigenvalue weighted by Gasteiger charge is -2.32. The number of nitrogens with zero attached hydrogens (tertiary/aromatic N) is 1. The molecule has 0 saturated carbocycles. The summed E-state index contributed by atoms with van der Waals surface area (Å²) >= 11 is 0. The number of benzene rings is 2. The molecule has 4 heteroatoms. The highest BCUT2D eigenvalue weighted by molar-refractivity contribution is 5.95. The summed E-state index contributed by atoms with van der Waals surface area (Å²) in [6, 6.07) is 12.2. The molecule has 1 fully saturated rings. The van der Waals surface area contributed by atoms with Crippen LogP contribution in [0.5, 0.6) is 0 Å². The third-order valence-electron chi connectivity index (χ3n) is 5.51. The van der Waals surface area contributed by atoms with E-state index in [2.05, 4.69) is 43.4 Å². The Morgan fingerprint density at radius 2 is 1.71 bits per heavy atom. The number of carbonyl (C=O) groups excluding carboxylic acids is 2. The maximum Gasteiger partial charge on any atom is 0.253 e. The predicted octanol–water partition coefficient (Wildman–Crippen LogP) is 4.09. The molecule has 0 aliphatic carbocycles. The Bertz CT molecular complexity index is 868. The van der Waals surface area contributed by atoms with Crippen LogP contribution < -0.4 is 5.32 Å². The lowest BCUT2D eigenvalue weighted by Crippen LogP contribution is -2.45. The average Bonchev–Trinajstić information content (AvgIpc) is 2.67. The quantitative estimate of drug-likeness (QED) is 0.871. The van der Waals surface area contributed by atoms with Crippen molar-refractivity contribution in [2.75, 3.05) is 13.1 Å². The van der Waals surface area contributed by atoms with Gasteiger partial charge in [-0.25, -0.2) is 0 Å². The Labute approximate surface area is 167 Å². The highest BCUT2D eigenvalue weighted by Gasteiger charge is 2.29. The van der Waals surface area contributed by atoms with Gasteiger partial charge in [-0.2, -0.15) is 0 Å². The molecule has 2 amide bonds. The molecule has 1 aliphatic rings. The molecule has 0 radical (unpaired) electrons. The minimum absolute atomic E-state index is 0.0267. The normalized spacial score (nSPS) is 16.7. The van der Waals surface area contributed by atoms with Gasteiger partial charge in [0, 0.05) is 25.2 Å². The summed E-state index contributed by atoms with van der Waals surface area (Å²) in [6.07, 6.45) is 1.69. The van der Waals surface area contributed by atoms with E-state index < -0.39 is 0 Å². The summed E-state index contributed by atoms with van der Waals surface area (Å²) in [5.74, 6) is -0.0774. The van der Waals surface area contributed by atoms with Gasteiger partial charge in [0.15, 0.2) is 0 Å². The van der Waals surface area contributed by atoms with Crippen molar-refractivity contribution >= 4 is 11.8 Å². The molecule has 0 bridgehead atoms. The van der Waals surface area contributed by atoms with Gasteiger partial charge in [0.25, 0.3) is 5.91 Å². The van der Waals surface area contributed by atoms with Gasteiger partial charge in [-0.15, -0.1) is 0 Å². The molecule has 2 aromatic carbocycles. The third kappa shape index (κ3) is 4.80. The minimum atomic E-state index is -0.145. The summed E-state index contributed by atoms with van der Waals surface area (Å²) in [6.45, 7) is 9.87. The van der Waals surface area contributed by atoms with Crippen LogP contribution in [0.4, 0.5) is 0 Å². The zero-order valence-corrected chi connectivity index (χ0v) is 17.3. The molecule has 1 N–H and O–H groups in total. The van der Waals surface area contributed by atoms with Crippen LogP contribution in [-0.4, -0.2) is 29.8 Å². The van der Waals surface area contributed by atoms with Gasteiger partial charge < -0.3 is 10.2 Å². The fraction of sp³-hybridized carbons (Fsp3) is 0.417. The summed E-state index contributed by atoms with van der Waals surface area (Å²) in [5, 5.41) is 3.08. The number of aryl methyl sites for hydroxylation is 4. The highest BCUT2D eigenvalue weighted by Crippen LogP contribution is 2.20. The first-order valence-corrected chi connectivity index (χ1v) is 10.0. The minimum Gasteiger partial charge on any atom is -0.352 e. The topological polar surface area (TPSA) is 49.4 Å². The van der Waals surface area contributed by atoms with Crippen molar-refractivity contribution in [1.82, 2.24) is 10.2 Å². The fourth-order valence-electron chi connectivity index (χ4n) is 3.97. The molecule has 2 aromatic rings. The number of carbonyl (C=O) groups is 2. The molecule has 0 spiro atoms. The summed E-state index contributed by atoms with van der Waals surface area (Å²) in [5.41, 5.74) is 6.41. The maximum atomic E-state index is 12.9. The van der Waals surface area contributed by atoms with Crippen LogP contribution in [0.1, 0.15) is 51.0 Å². The van der Waals surface area contributed by atoms with E-state index in [9.17, 15) is 9.59 Å². The Balaban J connectivity index is 1.63. The van der Waals surface area contributed by atoms with Crippen molar-refractivity contribution in [2.45, 2.75) is 47.1 Å². The standard InChI is InChI=1S/C24H30N2O2/c1-16-7-8-19(4)22(11-16)14-25-23(27)20-6-5-9-26(15-20)24(28)21-12-17(2)10-18(3)13-21/h7-8,10-13,20H,5-6,9,14-15H2,1-4H3,(H,25,27). The van der Waals surface area contributed by atoms with Gasteiger partial charge in [-0.3, -0.25) is 9.59 Å². The molecule has 3 rings (SSSR count). The molecule has 1 saturated heterocycles. The van der Waals surface area contributed by atoms with E-state index in [-0.39, 0.29) is 17.7 Å². The monoisotopic (exact) mass is 378 g/mol. The molecule has 0 aromatic heterocycles. The summed E-state index contributed by atoms with van der Waals surface area (Å²) in [7, 11) is 0. The fourth-order valence-corrected chi connectivity index (χ4v) is 3.97. The molecule has 1 unspecified atom stereocenters. The van der Waals surface area contributed by atoms with Crippen LogP contribution >= 0.6 is 0 Å². The molecule has 4 nitrogen and oxygen atoms in total. The maximum absolute atomic E-state index is 12.9. The second kappa shape index (κ2) is 8.59. The molecule has 148 valence electrons. The van der Waals surface area contributed by atoms with Gasteiger partial charge in [-0.05, 0) is 63.8 Å². The van der Waals surface area contributed by atoms with Crippen LogP contribution in [0.25, 0.3) is 0 Å². The smallest absolute Gasteiger partial charge is 0.253 e. The number of rotatable bonds is 4. The number of amides is 2. The molecule has 1 aliphatic heterocycles. The van der Waals surface area contributed by atoms with E-state index in [0.29, 0.717) is 25.2 Å². The second-order valence-corrected chi connectivity index (χ2v) is 8.11. The van der Waals surface area contributed by atoms with Gasteiger partial charge in [0.05, 0.1) is 5.92 Å². The van der Waals surface area contributed by atoms with Gasteiger partial charge in [0.2, 0.25) is 5.91 Å². The van der Waals surface area contributed by atoms with Crippen molar-refractivity contribution in [2.24, 2.45) is 5.92 Å². The van der Waals surface area contributed by atoms with E-state index in [1.807, 2.05) is 30.9 Å². The summed E-state index contributed by atoms with van der Waals surface area (Å²) < 4.78 is 0. The molecule has 1 heterocycles. The van der Waals surface area contributed by atoms with E-state index in [1.165, 1.54) is 11.1 Å². The van der Waals surface area contributed by atoms with Crippen molar-refractivity contribution in [3.63, 3.8) is 0 Å². The summed E-state index contributed by atoms with van der Waals surface area (Å²) in [4.78, 5) is 27.5. The second-order valence-electron chi connectivity index (χ2n) is 8.11. The number of likely N-dealkylation sites (tertiary alicyclic amines) is 1. The van der Waals surface area contributed by atoms with Crippen LogP contribution in [0.3, 0.4) is 0 Å². The van der Waals surface area contributed by atoms with Crippen LogP contribution in [0.2, 0.25) is 0 Å². The average molecular weight is 379 g/mol. The van der Waals surface area contributed by atoms with E-state index in [1.54, 1.807) is 0 Å². The van der Waals surface area contributed by atoms with E-state index in [0.717, 1.165) is 29.5 Å². The third-order valence-corrected chi connectivity index (χ3v) is 5.51. The zero-order chi connectivity index (χ0) is 20.3. The number of hydrogen-bond acceptors (Lipinski definition) is 2. The molecule has 1 atom stereocenters. The Kier molecular flexibility index (Phi) is 6.18. The van der Waals surface area contributed by atoms with E-state index in [4.69, 9.17) is 0 Å². The predicted molar refractivity (Wildman–Crippen MR) is 112 cm³/mol. The highest BCUT2D eigenvalue weighted by atomic mass is 16.2. The number of nitrogens with one attached hydrogen (secondary N) is 1. The first kappa shape index (κ1) is 20.1. The number of hydrogen-bond donors (Lipinski definition) is 1. The van der Waals surface area contributed by atoms with Gasteiger partial charge >= 0.3 is 0 Å². The van der Waals surface area contributed by atoms with Crippen LogP contribution in [0, 0.1) is 33.6 Å². The van der Waals surface area contributed by atoms with Crippen molar-refractivity contribution in [1.29, 1.82) is 0 Å². The molecule has 28 heavy (non-hydrogen) atoms. The van der Waals surface area contributed by atoms with Gasteiger partial charge in [0.1, 0.15) is 0 Å². The zero-order valence-electron chi connectivity index (χ0n) is 17.3. The lowest BCUT2D eigenvalue weighted by molar-refractivity contribution is -0.126. The largest absolute Gasteiger partial charge is 0.352 e.